The fraction of sp³-hybridized carbons (Fsp3) is 0.304. The Morgan fingerprint density at radius 3 is 2.58 bits per heavy atom. The molecule has 2 heterocycles. The van der Waals surface area contributed by atoms with Gasteiger partial charge in [0.2, 0.25) is 5.91 Å². The molecule has 0 radical (unpaired) electrons. The molecule has 0 bridgehead atoms. The van der Waals surface area contributed by atoms with Gasteiger partial charge in [0, 0.05) is 35.9 Å². The SMILES string of the molecule is CCN(C(=O)CSc1nnc(-c2ccncc2)n1-c1ccc(OC)cc1)C1=CCCC1. The Bertz CT molecular complexity index is 1060. The van der Waals surface area contributed by atoms with E-state index >= 15 is 0 Å². The highest BCUT2D eigenvalue weighted by molar-refractivity contribution is 7.99. The van der Waals surface area contributed by atoms with Gasteiger partial charge < -0.3 is 9.64 Å². The molecule has 1 aliphatic carbocycles. The summed E-state index contributed by atoms with van der Waals surface area (Å²) in [5.74, 6) is 1.87. The number of aromatic nitrogens is 4. The van der Waals surface area contributed by atoms with E-state index in [4.69, 9.17) is 4.74 Å². The van der Waals surface area contributed by atoms with Gasteiger partial charge in [0.1, 0.15) is 5.75 Å². The molecule has 1 aromatic carbocycles. The van der Waals surface area contributed by atoms with Crippen LogP contribution in [-0.4, -0.2) is 50.0 Å². The monoisotopic (exact) mass is 435 g/mol. The van der Waals surface area contributed by atoms with E-state index < -0.39 is 0 Å². The van der Waals surface area contributed by atoms with E-state index in [1.165, 1.54) is 11.8 Å². The molecule has 0 spiro atoms. The van der Waals surface area contributed by atoms with Gasteiger partial charge in [-0.15, -0.1) is 10.2 Å². The van der Waals surface area contributed by atoms with Gasteiger partial charge in [-0.3, -0.25) is 14.3 Å². The summed E-state index contributed by atoms with van der Waals surface area (Å²) in [5.41, 5.74) is 2.95. The lowest BCUT2D eigenvalue weighted by Gasteiger charge is -2.22. The molecular weight excluding hydrogens is 410 g/mol. The third-order valence-corrected chi connectivity index (χ3v) is 6.12. The van der Waals surface area contributed by atoms with Crippen LogP contribution in [0, 0.1) is 0 Å². The summed E-state index contributed by atoms with van der Waals surface area (Å²) in [6, 6.07) is 11.5. The molecule has 3 aromatic rings. The van der Waals surface area contributed by atoms with Crippen molar-refractivity contribution in [2.45, 2.75) is 31.3 Å². The van der Waals surface area contributed by atoms with E-state index in [2.05, 4.69) is 21.3 Å². The number of carbonyl (C=O) groups excluding carboxylic acids is 1. The first-order valence-corrected chi connectivity index (χ1v) is 11.3. The second kappa shape index (κ2) is 9.78. The fourth-order valence-corrected chi connectivity index (χ4v) is 4.49. The molecule has 0 atom stereocenters. The van der Waals surface area contributed by atoms with Crippen LogP contribution in [0.2, 0.25) is 0 Å². The Morgan fingerprint density at radius 1 is 1.16 bits per heavy atom. The van der Waals surface area contributed by atoms with Crippen molar-refractivity contribution in [3.05, 3.63) is 60.6 Å². The Labute approximate surface area is 186 Å². The number of rotatable bonds is 8. The van der Waals surface area contributed by atoms with Crippen molar-refractivity contribution in [3.8, 4) is 22.8 Å². The second-order valence-electron chi connectivity index (χ2n) is 7.09. The van der Waals surface area contributed by atoms with Gasteiger partial charge in [-0.05, 0) is 62.6 Å². The Morgan fingerprint density at radius 2 is 1.94 bits per heavy atom. The maximum atomic E-state index is 12.9. The standard InChI is InChI=1S/C23H25N5O2S/c1-3-27(18-6-4-5-7-18)21(29)16-31-23-26-25-22(17-12-14-24-15-13-17)28(23)19-8-10-20(30-2)11-9-19/h6,8-15H,3-5,7,16H2,1-2H3. The number of amides is 1. The number of ether oxygens (including phenoxy) is 1. The molecule has 0 unspecified atom stereocenters. The van der Waals surface area contributed by atoms with Crippen molar-refractivity contribution >= 4 is 17.7 Å². The van der Waals surface area contributed by atoms with Gasteiger partial charge >= 0.3 is 0 Å². The molecule has 160 valence electrons. The lowest BCUT2D eigenvalue weighted by atomic mass is 10.2. The molecule has 1 aliphatic rings. The average Bonchev–Trinajstić information content (AvgIpc) is 3.49. The van der Waals surface area contributed by atoms with Crippen molar-refractivity contribution < 1.29 is 9.53 Å². The van der Waals surface area contributed by atoms with E-state index in [0.717, 1.165) is 42.0 Å². The molecule has 31 heavy (non-hydrogen) atoms. The first-order chi connectivity index (χ1) is 15.2. The van der Waals surface area contributed by atoms with Gasteiger partial charge in [-0.1, -0.05) is 17.8 Å². The largest absolute Gasteiger partial charge is 0.497 e. The normalized spacial score (nSPS) is 13.2. The first-order valence-electron chi connectivity index (χ1n) is 10.3. The van der Waals surface area contributed by atoms with Crippen molar-refractivity contribution in [3.63, 3.8) is 0 Å². The Hall–Kier alpha value is -3.13. The predicted molar refractivity (Wildman–Crippen MR) is 121 cm³/mol. The number of hydrogen-bond donors (Lipinski definition) is 0. The van der Waals surface area contributed by atoms with Crippen molar-refractivity contribution in [2.75, 3.05) is 19.4 Å². The topological polar surface area (TPSA) is 73.1 Å². The molecule has 0 fully saturated rings. The van der Waals surface area contributed by atoms with Gasteiger partial charge in [-0.25, -0.2) is 0 Å². The number of allylic oxidation sites excluding steroid dienone is 2. The number of hydrogen-bond acceptors (Lipinski definition) is 6. The second-order valence-corrected chi connectivity index (χ2v) is 8.03. The van der Waals surface area contributed by atoms with Crippen molar-refractivity contribution in [1.29, 1.82) is 0 Å². The van der Waals surface area contributed by atoms with Crippen LogP contribution in [0.1, 0.15) is 26.2 Å². The Kier molecular flexibility index (Phi) is 6.66. The van der Waals surface area contributed by atoms with E-state index in [0.29, 0.717) is 23.3 Å². The molecule has 0 N–H and O–H groups in total. The van der Waals surface area contributed by atoms with Crippen LogP contribution in [-0.2, 0) is 4.79 Å². The van der Waals surface area contributed by atoms with Gasteiger partial charge in [0.15, 0.2) is 11.0 Å². The van der Waals surface area contributed by atoms with Crippen molar-refractivity contribution in [1.82, 2.24) is 24.6 Å². The molecule has 0 saturated carbocycles. The molecule has 0 saturated heterocycles. The van der Waals surface area contributed by atoms with Gasteiger partial charge in [-0.2, -0.15) is 0 Å². The minimum atomic E-state index is 0.0930. The summed E-state index contributed by atoms with van der Waals surface area (Å²) in [5, 5.41) is 9.50. The number of nitrogens with zero attached hydrogens (tertiary/aromatic N) is 5. The molecule has 0 aliphatic heterocycles. The summed E-state index contributed by atoms with van der Waals surface area (Å²) in [6.45, 7) is 2.70. The fourth-order valence-electron chi connectivity index (χ4n) is 3.66. The van der Waals surface area contributed by atoms with Crippen LogP contribution in [0.25, 0.3) is 17.1 Å². The third-order valence-electron chi connectivity index (χ3n) is 5.21. The molecule has 4 rings (SSSR count). The van der Waals surface area contributed by atoms with Gasteiger partial charge in [0.25, 0.3) is 0 Å². The minimum absolute atomic E-state index is 0.0930. The minimum Gasteiger partial charge on any atom is -0.497 e. The highest BCUT2D eigenvalue weighted by Gasteiger charge is 2.21. The Balaban J connectivity index is 1.62. The van der Waals surface area contributed by atoms with Crippen LogP contribution >= 0.6 is 11.8 Å². The average molecular weight is 436 g/mol. The van der Waals surface area contributed by atoms with E-state index in [9.17, 15) is 4.79 Å². The van der Waals surface area contributed by atoms with Crippen LogP contribution < -0.4 is 4.74 Å². The highest BCUT2D eigenvalue weighted by Crippen LogP contribution is 2.29. The number of benzene rings is 1. The zero-order valence-corrected chi connectivity index (χ0v) is 18.5. The number of carbonyl (C=O) groups is 1. The number of pyridine rings is 1. The molecule has 1 amide bonds. The van der Waals surface area contributed by atoms with E-state index in [-0.39, 0.29) is 5.91 Å². The quantitative estimate of drug-likeness (QED) is 0.490. The summed E-state index contributed by atoms with van der Waals surface area (Å²) < 4.78 is 7.26. The third kappa shape index (κ3) is 4.64. The molecule has 2 aromatic heterocycles. The smallest absolute Gasteiger partial charge is 0.237 e. The molecule has 8 heteroatoms. The zero-order valence-electron chi connectivity index (χ0n) is 17.7. The summed E-state index contributed by atoms with van der Waals surface area (Å²) in [7, 11) is 1.64. The van der Waals surface area contributed by atoms with Crippen LogP contribution in [0.15, 0.2) is 65.7 Å². The van der Waals surface area contributed by atoms with Crippen LogP contribution in [0.3, 0.4) is 0 Å². The van der Waals surface area contributed by atoms with Crippen molar-refractivity contribution in [2.24, 2.45) is 0 Å². The lowest BCUT2D eigenvalue weighted by Crippen LogP contribution is -2.31. The number of methoxy groups -OCH3 is 1. The lowest BCUT2D eigenvalue weighted by molar-refractivity contribution is -0.126. The summed E-state index contributed by atoms with van der Waals surface area (Å²) in [4.78, 5) is 18.9. The molecule has 7 nitrogen and oxygen atoms in total. The maximum absolute atomic E-state index is 12.9. The summed E-state index contributed by atoms with van der Waals surface area (Å²) >= 11 is 1.40. The first kappa shape index (κ1) is 21.1. The maximum Gasteiger partial charge on any atom is 0.237 e. The van der Waals surface area contributed by atoms with Crippen LogP contribution in [0.5, 0.6) is 5.75 Å². The van der Waals surface area contributed by atoms with Crippen LogP contribution in [0.4, 0.5) is 0 Å². The number of thioether (sulfide) groups is 1. The zero-order chi connectivity index (χ0) is 21.6. The predicted octanol–water partition coefficient (Wildman–Crippen LogP) is 4.35. The summed E-state index contributed by atoms with van der Waals surface area (Å²) in [6.07, 6.45) is 8.77. The van der Waals surface area contributed by atoms with Gasteiger partial charge in [0.05, 0.1) is 12.9 Å². The highest BCUT2D eigenvalue weighted by atomic mass is 32.2. The molecular formula is C23H25N5O2S. The van der Waals surface area contributed by atoms with E-state index in [1.54, 1.807) is 19.5 Å². The van der Waals surface area contributed by atoms with E-state index in [1.807, 2.05) is 52.8 Å².